The van der Waals surface area contributed by atoms with Crippen molar-refractivity contribution in [1.82, 2.24) is 4.98 Å². The molecule has 1 fully saturated rings. The van der Waals surface area contributed by atoms with Crippen LogP contribution in [0, 0.1) is 5.82 Å². The molecule has 1 aromatic heterocycles. The van der Waals surface area contributed by atoms with Crippen molar-refractivity contribution in [2.75, 3.05) is 6.54 Å². The van der Waals surface area contributed by atoms with E-state index in [1.165, 1.54) is 6.07 Å². The molecule has 0 amide bonds. The third kappa shape index (κ3) is 1.42. The van der Waals surface area contributed by atoms with Crippen molar-refractivity contribution in [2.24, 2.45) is 5.73 Å². The summed E-state index contributed by atoms with van der Waals surface area (Å²) in [4.78, 5) is 4.16. The van der Waals surface area contributed by atoms with E-state index in [9.17, 15) is 4.39 Å². The van der Waals surface area contributed by atoms with Crippen LogP contribution in [0.25, 0.3) is 0 Å². The zero-order chi connectivity index (χ0) is 10.0. The topological polar surface area (TPSA) is 38.9 Å². The smallest absolute Gasteiger partial charge is 0.145 e. The molecule has 0 unspecified atom stereocenters. The van der Waals surface area contributed by atoms with Gasteiger partial charge in [-0.2, -0.15) is 0 Å². The molecule has 3 heteroatoms. The molecule has 2 N–H and O–H groups in total. The van der Waals surface area contributed by atoms with E-state index < -0.39 is 0 Å². The van der Waals surface area contributed by atoms with E-state index in [-0.39, 0.29) is 11.2 Å². The maximum Gasteiger partial charge on any atom is 0.145 e. The van der Waals surface area contributed by atoms with Gasteiger partial charge in [0.1, 0.15) is 5.82 Å². The summed E-state index contributed by atoms with van der Waals surface area (Å²) in [7, 11) is 0. The number of hydrogen-bond donors (Lipinski definition) is 1. The fraction of sp³-hybridized carbons (Fsp3) is 0.545. The molecular formula is C11H15FN2. The van der Waals surface area contributed by atoms with Crippen LogP contribution >= 0.6 is 0 Å². The Labute approximate surface area is 83.3 Å². The van der Waals surface area contributed by atoms with Gasteiger partial charge in [-0.1, -0.05) is 6.42 Å². The van der Waals surface area contributed by atoms with E-state index in [2.05, 4.69) is 4.98 Å². The Morgan fingerprint density at radius 1 is 1.50 bits per heavy atom. The molecule has 0 spiro atoms. The zero-order valence-electron chi connectivity index (χ0n) is 8.17. The summed E-state index contributed by atoms with van der Waals surface area (Å²) in [6.45, 7) is 0.607. The first-order valence-corrected chi connectivity index (χ1v) is 5.10. The quantitative estimate of drug-likeness (QED) is 0.799. The second kappa shape index (κ2) is 3.65. The van der Waals surface area contributed by atoms with Crippen LogP contribution in [-0.4, -0.2) is 11.5 Å². The first-order valence-electron chi connectivity index (χ1n) is 5.10. The van der Waals surface area contributed by atoms with Gasteiger partial charge in [0.25, 0.3) is 0 Å². The van der Waals surface area contributed by atoms with Crippen LogP contribution in [-0.2, 0) is 5.41 Å². The molecule has 76 valence electrons. The average molecular weight is 194 g/mol. The van der Waals surface area contributed by atoms with E-state index in [1.807, 2.05) is 0 Å². The minimum Gasteiger partial charge on any atom is -0.330 e. The highest BCUT2D eigenvalue weighted by molar-refractivity contribution is 5.22. The lowest BCUT2D eigenvalue weighted by Gasteiger charge is -2.41. The second-order valence-corrected chi connectivity index (χ2v) is 4.01. The van der Waals surface area contributed by atoms with E-state index in [0.29, 0.717) is 12.2 Å². The number of halogens is 1. The van der Waals surface area contributed by atoms with Crippen molar-refractivity contribution in [3.63, 3.8) is 0 Å². The van der Waals surface area contributed by atoms with Gasteiger partial charge in [0.15, 0.2) is 0 Å². The van der Waals surface area contributed by atoms with Crippen LogP contribution in [0.3, 0.4) is 0 Å². The molecule has 0 atom stereocenters. The summed E-state index contributed by atoms with van der Waals surface area (Å²) >= 11 is 0. The molecule has 14 heavy (non-hydrogen) atoms. The predicted molar refractivity (Wildman–Crippen MR) is 53.4 cm³/mol. The molecule has 0 radical (unpaired) electrons. The van der Waals surface area contributed by atoms with Gasteiger partial charge in [-0.05, 0) is 37.9 Å². The SMILES string of the molecule is NCCC1(c2ncccc2F)CCC1. The molecule has 0 aromatic carbocycles. The highest BCUT2D eigenvalue weighted by Crippen LogP contribution is 2.45. The lowest BCUT2D eigenvalue weighted by Crippen LogP contribution is -2.38. The van der Waals surface area contributed by atoms with Crippen molar-refractivity contribution in [2.45, 2.75) is 31.1 Å². The van der Waals surface area contributed by atoms with Crippen LogP contribution in [0.2, 0.25) is 0 Å². The van der Waals surface area contributed by atoms with Gasteiger partial charge < -0.3 is 5.73 Å². The van der Waals surface area contributed by atoms with Crippen LogP contribution < -0.4 is 5.73 Å². The lowest BCUT2D eigenvalue weighted by atomic mass is 9.64. The molecule has 1 aliphatic rings. The van der Waals surface area contributed by atoms with E-state index >= 15 is 0 Å². The van der Waals surface area contributed by atoms with Gasteiger partial charge in [0.2, 0.25) is 0 Å². The standard InChI is InChI=1S/C11H15FN2/c12-9-3-1-8-14-10(9)11(6-7-13)4-2-5-11/h1,3,8H,2,4-7,13H2. The first-order chi connectivity index (χ1) is 6.78. The zero-order valence-corrected chi connectivity index (χ0v) is 8.17. The van der Waals surface area contributed by atoms with Gasteiger partial charge in [-0.15, -0.1) is 0 Å². The van der Waals surface area contributed by atoms with Crippen molar-refractivity contribution in [1.29, 1.82) is 0 Å². The van der Waals surface area contributed by atoms with Crippen molar-refractivity contribution in [3.05, 3.63) is 29.8 Å². The monoisotopic (exact) mass is 194 g/mol. The fourth-order valence-corrected chi connectivity index (χ4v) is 2.26. The Balaban J connectivity index is 2.32. The van der Waals surface area contributed by atoms with E-state index in [1.54, 1.807) is 12.3 Å². The molecule has 0 aliphatic heterocycles. The number of aromatic nitrogens is 1. The molecule has 1 saturated carbocycles. The third-order valence-electron chi connectivity index (χ3n) is 3.19. The normalized spacial score (nSPS) is 19.0. The Morgan fingerprint density at radius 2 is 2.29 bits per heavy atom. The van der Waals surface area contributed by atoms with Crippen LogP contribution in [0.15, 0.2) is 18.3 Å². The molecule has 1 aromatic rings. The Kier molecular flexibility index (Phi) is 2.50. The van der Waals surface area contributed by atoms with Gasteiger partial charge >= 0.3 is 0 Å². The van der Waals surface area contributed by atoms with Crippen LogP contribution in [0.5, 0.6) is 0 Å². The van der Waals surface area contributed by atoms with E-state index in [0.717, 1.165) is 25.7 Å². The Hall–Kier alpha value is -0.960. The summed E-state index contributed by atoms with van der Waals surface area (Å²) < 4.78 is 13.5. The molecular weight excluding hydrogens is 179 g/mol. The number of nitrogens with two attached hydrogens (primary N) is 1. The maximum atomic E-state index is 13.5. The minimum absolute atomic E-state index is 0.0555. The predicted octanol–water partition coefficient (Wildman–Crippen LogP) is 1.99. The number of hydrogen-bond acceptors (Lipinski definition) is 2. The molecule has 0 saturated heterocycles. The number of pyridine rings is 1. The first kappa shape index (κ1) is 9.59. The fourth-order valence-electron chi connectivity index (χ4n) is 2.26. The lowest BCUT2D eigenvalue weighted by molar-refractivity contribution is 0.214. The highest BCUT2D eigenvalue weighted by Gasteiger charge is 2.40. The molecule has 0 bridgehead atoms. The third-order valence-corrected chi connectivity index (χ3v) is 3.19. The number of rotatable bonds is 3. The van der Waals surface area contributed by atoms with Gasteiger partial charge in [0.05, 0.1) is 5.69 Å². The largest absolute Gasteiger partial charge is 0.330 e. The van der Waals surface area contributed by atoms with Crippen molar-refractivity contribution in [3.8, 4) is 0 Å². The molecule has 2 nitrogen and oxygen atoms in total. The maximum absolute atomic E-state index is 13.5. The molecule has 1 aliphatic carbocycles. The molecule has 1 heterocycles. The Bertz CT molecular complexity index is 321. The van der Waals surface area contributed by atoms with Crippen LogP contribution in [0.4, 0.5) is 4.39 Å². The van der Waals surface area contributed by atoms with Gasteiger partial charge in [-0.3, -0.25) is 4.98 Å². The summed E-state index contributed by atoms with van der Waals surface area (Å²) in [6.07, 6.45) is 5.72. The van der Waals surface area contributed by atoms with Crippen molar-refractivity contribution < 1.29 is 4.39 Å². The average Bonchev–Trinajstić information content (AvgIpc) is 2.13. The van der Waals surface area contributed by atoms with E-state index in [4.69, 9.17) is 5.73 Å². The second-order valence-electron chi connectivity index (χ2n) is 4.01. The summed E-state index contributed by atoms with van der Waals surface area (Å²) in [5, 5.41) is 0. The number of nitrogens with zero attached hydrogens (tertiary/aromatic N) is 1. The Morgan fingerprint density at radius 3 is 2.79 bits per heavy atom. The molecule has 2 rings (SSSR count). The van der Waals surface area contributed by atoms with Crippen LogP contribution in [0.1, 0.15) is 31.4 Å². The minimum atomic E-state index is -0.180. The summed E-state index contributed by atoms with van der Waals surface area (Å²) in [6, 6.07) is 3.12. The van der Waals surface area contributed by atoms with Crippen molar-refractivity contribution >= 4 is 0 Å². The van der Waals surface area contributed by atoms with Gasteiger partial charge in [-0.25, -0.2) is 4.39 Å². The summed E-state index contributed by atoms with van der Waals surface area (Å²) in [5.74, 6) is -0.180. The summed E-state index contributed by atoms with van der Waals surface area (Å²) in [5.41, 5.74) is 6.13. The van der Waals surface area contributed by atoms with Gasteiger partial charge in [0, 0.05) is 11.6 Å². The highest BCUT2D eigenvalue weighted by atomic mass is 19.1.